The maximum Gasteiger partial charge on any atom is 0.243 e. The second-order valence-corrected chi connectivity index (χ2v) is 9.94. The molecule has 3 aromatic carbocycles. The van der Waals surface area contributed by atoms with Crippen LogP contribution in [0.5, 0.6) is 0 Å². The molecule has 3 aromatic rings. The van der Waals surface area contributed by atoms with Crippen LogP contribution in [0.1, 0.15) is 36.5 Å². The zero-order valence-corrected chi connectivity index (χ0v) is 22.0. The Morgan fingerprint density at radius 3 is 2.33 bits per heavy atom. The lowest BCUT2D eigenvalue weighted by atomic mass is 10.0. The third-order valence-electron chi connectivity index (χ3n) is 5.84. The van der Waals surface area contributed by atoms with Gasteiger partial charge in [0.2, 0.25) is 11.8 Å². The number of halogens is 2. The molecule has 4 nitrogen and oxygen atoms in total. The molecule has 0 aliphatic rings. The molecular weight excluding hydrogens is 495 g/mol. The first-order valence-corrected chi connectivity index (χ1v) is 13.7. The summed E-state index contributed by atoms with van der Waals surface area (Å²) in [6.07, 6.45) is 2.13. The Balaban J connectivity index is 1.85. The summed E-state index contributed by atoms with van der Waals surface area (Å²) in [5, 5.41) is 3.63. The maximum absolute atomic E-state index is 14.6. The molecule has 0 saturated heterocycles. The summed E-state index contributed by atoms with van der Waals surface area (Å²) >= 11 is 7.69. The predicted molar refractivity (Wildman–Crippen MR) is 146 cm³/mol. The Kier molecular flexibility index (Phi) is 11.3. The van der Waals surface area contributed by atoms with Gasteiger partial charge in [-0.3, -0.25) is 9.59 Å². The van der Waals surface area contributed by atoms with Gasteiger partial charge in [0.25, 0.3) is 0 Å². The first-order chi connectivity index (χ1) is 17.5. The van der Waals surface area contributed by atoms with Crippen LogP contribution in [0.2, 0.25) is 5.02 Å². The molecule has 1 N–H and O–H groups in total. The molecule has 190 valence electrons. The Bertz CT molecular complexity index is 1130. The average Bonchev–Trinajstić information content (AvgIpc) is 2.89. The highest BCUT2D eigenvalue weighted by Gasteiger charge is 2.30. The van der Waals surface area contributed by atoms with Crippen LogP contribution in [-0.2, 0) is 28.3 Å². The number of carbonyl (C=O) groups is 2. The highest BCUT2D eigenvalue weighted by atomic mass is 35.5. The van der Waals surface area contributed by atoms with Gasteiger partial charge in [0.1, 0.15) is 11.9 Å². The van der Waals surface area contributed by atoms with Crippen LogP contribution < -0.4 is 5.32 Å². The molecule has 0 spiro atoms. The number of amides is 2. The van der Waals surface area contributed by atoms with Crippen molar-refractivity contribution >= 4 is 35.2 Å². The molecule has 0 unspecified atom stereocenters. The largest absolute Gasteiger partial charge is 0.354 e. The number of hydrogen-bond donors (Lipinski definition) is 1. The number of rotatable bonds is 13. The summed E-state index contributed by atoms with van der Waals surface area (Å²) in [6.45, 7) is 2.60. The molecule has 0 heterocycles. The molecule has 0 bridgehead atoms. The molecule has 0 saturated carbocycles. The van der Waals surface area contributed by atoms with Gasteiger partial charge < -0.3 is 10.2 Å². The van der Waals surface area contributed by atoms with Gasteiger partial charge in [-0.1, -0.05) is 91.7 Å². The minimum Gasteiger partial charge on any atom is -0.354 e. The summed E-state index contributed by atoms with van der Waals surface area (Å²) in [5.74, 6) is -0.142. The lowest BCUT2D eigenvalue weighted by molar-refractivity contribution is -0.139. The minimum atomic E-state index is -0.766. The lowest BCUT2D eigenvalue weighted by Crippen LogP contribution is -2.51. The van der Waals surface area contributed by atoms with Crippen molar-refractivity contribution in [1.29, 1.82) is 0 Å². The molecule has 0 fully saturated rings. The number of nitrogens with zero attached hydrogens (tertiary/aromatic N) is 1. The van der Waals surface area contributed by atoms with Crippen molar-refractivity contribution in [3.05, 3.63) is 106 Å². The van der Waals surface area contributed by atoms with Crippen LogP contribution >= 0.6 is 23.4 Å². The molecule has 0 aromatic heterocycles. The van der Waals surface area contributed by atoms with Gasteiger partial charge in [-0.2, -0.15) is 0 Å². The number of nitrogens with one attached hydrogen (secondary N) is 1. The Morgan fingerprint density at radius 1 is 0.972 bits per heavy atom. The van der Waals surface area contributed by atoms with Crippen molar-refractivity contribution in [1.82, 2.24) is 10.2 Å². The van der Waals surface area contributed by atoms with E-state index in [1.54, 1.807) is 18.2 Å². The molecule has 36 heavy (non-hydrogen) atoms. The number of carbonyl (C=O) groups excluding carboxylic acids is 2. The highest BCUT2D eigenvalue weighted by molar-refractivity contribution is 7.99. The normalized spacial score (nSPS) is 11.6. The van der Waals surface area contributed by atoms with Crippen molar-refractivity contribution < 1.29 is 14.0 Å². The van der Waals surface area contributed by atoms with E-state index >= 15 is 0 Å². The van der Waals surface area contributed by atoms with Crippen molar-refractivity contribution in [2.45, 2.75) is 44.5 Å². The van der Waals surface area contributed by atoms with Crippen molar-refractivity contribution in [3.8, 4) is 0 Å². The van der Waals surface area contributed by atoms with E-state index in [4.69, 9.17) is 11.6 Å². The minimum absolute atomic E-state index is 0.0108. The quantitative estimate of drug-likeness (QED) is 0.267. The molecule has 7 heteroatoms. The summed E-state index contributed by atoms with van der Waals surface area (Å²) < 4.78 is 14.6. The van der Waals surface area contributed by atoms with E-state index in [1.165, 1.54) is 22.7 Å². The number of benzene rings is 3. The summed E-state index contributed by atoms with van der Waals surface area (Å²) in [7, 11) is 0. The monoisotopic (exact) mass is 526 g/mol. The van der Waals surface area contributed by atoms with Crippen LogP contribution in [0.25, 0.3) is 0 Å². The molecule has 3 rings (SSSR count). The van der Waals surface area contributed by atoms with E-state index in [1.807, 2.05) is 54.6 Å². The lowest BCUT2D eigenvalue weighted by Gasteiger charge is -2.31. The van der Waals surface area contributed by atoms with E-state index in [-0.39, 0.29) is 24.1 Å². The van der Waals surface area contributed by atoms with Gasteiger partial charge in [-0.25, -0.2) is 4.39 Å². The van der Waals surface area contributed by atoms with Gasteiger partial charge in [0.15, 0.2) is 0 Å². The second-order valence-electron chi connectivity index (χ2n) is 8.55. The van der Waals surface area contributed by atoms with Crippen LogP contribution in [0.4, 0.5) is 4.39 Å². The fourth-order valence-corrected chi connectivity index (χ4v) is 5.01. The zero-order chi connectivity index (χ0) is 25.8. The standard InChI is InChI=1S/C29H32ClFN2O2S/c1-2-3-17-32-29(35)27(18-22-11-5-4-6-12-22)33(19-23-13-8-10-16-26(23)31)28(34)21-36-20-24-14-7-9-15-25(24)30/h4-16,27H,2-3,17-21H2,1H3,(H,32,35)/t27-/m0/s1. The van der Waals surface area contributed by atoms with E-state index < -0.39 is 11.9 Å². The zero-order valence-electron chi connectivity index (χ0n) is 20.5. The maximum atomic E-state index is 14.6. The molecule has 1 atom stereocenters. The van der Waals surface area contributed by atoms with E-state index in [9.17, 15) is 14.0 Å². The van der Waals surface area contributed by atoms with Gasteiger partial charge in [-0.15, -0.1) is 11.8 Å². The fraction of sp³-hybridized carbons (Fsp3) is 0.310. The molecular formula is C29H32ClFN2O2S. The SMILES string of the molecule is CCCCNC(=O)[C@H](Cc1ccccc1)N(Cc1ccccc1F)C(=O)CSCc1ccccc1Cl. The van der Waals surface area contributed by atoms with E-state index in [0.29, 0.717) is 29.3 Å². The molecule has 0 aliphatic heterocycles. The summed E-state index contributed by atoms with van der Waals surface area (Å²) in [6, 6.07) is 22.7. The Labute approximate surface area is 222 Å². The number of hydrogen-bond acceptors (Lipinski definition) is 3. The first kappa shape index (κ1) is 27.8. The third-order valence-corrected chi connectivity index (χ3v) is 7.18. The van der Waals surface area contributed by atoms with E-state index in [0.717, 1.165) is 24.0 Å². The van der Waals surface area contributed by atoms with Crippen molar-refractivity contribution in [2.24, 2.45) is 0 Å². The van der Waals surface area contributed by atoms with Crippen LogP contribution in [0, 0.1) is 5.82 Å². The summed E-state index contributed by atoms with van der Waals surface area (Å²) in [5.41, 5.74) is 2.25. The predicted octanol–water partition coefficient (Wildman–Crippen LogP) is 6.27. The number of thioether (sulfide) groups is 1. The average molecular weight is 527 g/mol. The fourth-order valence-electron chi connectivity index (χ4n) is 3.82. The molecule has 0 aliphatic carbocycles. The first-order valence-electron chi connectivity index (χ1n) is 12.1. The second kappa shape index (κ2) is 14.7. The third kappa shape index (κ3) is 8.38. The van der Waals surface area contributed by atoms with Crippen molar-refractivity contribution in [2.75, 3.05) is 12.3 Å². The molecule has 0 radical (unpaired) electrons. The Hall–Kier alpha value is -2.83. The van der Waals surface area contributed by atoms with Crippen LogP contribution in [0.3, 0.4) is 0 Å². The highest BCUT2D eigenvalue weighted by Crippen LogP contribution is 2.23. The topological polar surface area (TPSA) is 49.4 Å². The number of unbranched alkanes of at least 4 members (excludes halogenated alkanes) is 1. The van der Waals surface area contributed by atoms with Crippen LogP contribution in [-0.4, -0.2) is 35.1 Å². The Morgan fingerprint density at radius 2 is 1.64 bits per heavy atom. The smallest absolute Gasteiger partial charge is 0.243 e. The van der Waals surface area contributed by atoms with Gasteiger partial charge in [-0.05, 0) is 29.7 Å². The van der Waals surface area contributed by atoms with Gasteiger partial charge >= 0.3 is 0 Å². The van der Waals surface area contributed by atoms with Gasteiger partial charge in [0.05, 0.1) is 5.75 Å². The van der Waals surface area contributed by atoms with E-state index in [2.05, 4.69) is 12.2 Å². The van der Waals surface area contributed by atoms with Gasteiger partial charge in [0, 0.05) is 35.8 Å². The van der Waals surface area contributed by atoms with Crippen LogP contribution in [0.15, 0.2) is 78.9 Å². The van der Waals surface area contributed by atoms with Crippen molar-refractivity contribution in [3.63, 3.8) is 0 Å². The molecule has 2 amide bonds. The summed E-state index contributed by atoms with van der Waals surface area (Å²) in [4.78, 5) is 28.5.